The molecule has 3 heterocycles. The van der Waals surface area contributed by atoms with E-state index in [0.29, 0.717) is 55.4 Å². The van der Waals surface area contributed by atoms with Crippen LogP contribution in [0.5, 0.6) is 0 Å². The molecule has 1 spiro atoms. The Hall–Kier alpha value is -2.89. The quantitative estimate of drug-likeness (QED) is 0.561. The van der Waals surface area contributed by atoms with E-state index in [9.17, 15) is 27.6 Å². The Bertz CT molecular complexity index is 1000. The molecule has 4 rings (SSSR count). The summed E-state index contributed by atoms with van der Waals surface area (Å²) >= 11 is 0. The molecule has 12 heteroatoms. The molecule has 0 radical (unpaired) electrons. The highest BCUT2D eigenvalue weighted by Crippen LogP contribution is 2.44. The fourth-order valence-electron chi connectivity index (χ4n) is 5.39. The maximum absolute atomic E-state index is 13.3. The van der Waals surface area contributed by atoms with Gasteiger partial charge in [0.1, 0.15) is 18.4 Å². The van der Waals surface area contributed by atoms with Crippen molar-refractivity contribution in [2.24, 2.45) is 11.8 Å². The third-order valence-electron chi connectivity index (χ3n) is 7.56. The largest absolute Gasteiger partial charge is 0.406 e. The molecule has 1 saturated carbocycles. The lowest BCUT2D eigenvalue weighted by Gasteiger charge is -2.33. The zero-order valence-corrected chi connectivity index (χ0v) is 20.4. The number of amides is 4. The van der Waals surface area contributed by atoms with Crippen molar-refractivity contribution in [1.82, 2.24) is 15.2 Å². The van der Waals surface area contributed by atoms with Crippen molar-refractivity contribution >= 4 is 29.4 Å². The molecule has 1 atom stereocenters. The third-order valence-corrected chi connectivity index (χ3v) is 7.56. The van der Waals surface area contributed by atoms with Crippen molar-refractivity contribution < 1.29 is 32.3 Å². The van der Waals surface area contributed by atoms with Crippen molar-refractivity contribution in [2.45, 2.75) is 63.1 Å². The Kier molecular flexibility index (Phi) is 7.44. The predicted molar refractivity (Wildman–Crippen MR) is 125 cm³/mol. The van der Waals surface area contributed by atoms with E-state index in [4.69, 9.17) is 4.74 Å². The lowest BCUT2D eigenvalue weighted by molar-refractivity contribution is -0.137. The number of pyridine rings is 1. The summed E-state index contributed by atoms with van der Waals surface area (Å²) in [4.78, 5) is 43.4. The van der Waals surface area contributed by atoms with Crippen molar-refractivity contribution in [3.8, 4) is 0 Å². The first-order valence-electron chi connectivity index (χ1n) is 12.3. The molecule has 2 aliphatic heterocycles. The van der Waals surface area contributed by atoms with Crippen LogP contribution in [0.1, 0.15) is 51.0 Å². The van der Waals surface area contributed by atoms with Crippen molar-refractivity contribution in [1.29, 1.82) is 0 Å². The standard InChI is InChI=1S/C24H32F3N5O4/c1-14-3-5-15(6-4-14)19(31-22(35)32(2)13-24(25,26)27)20(33)30-18-11-17-16(12-28-18)23(21(34)29-17)7-9-36-10-8-23/h11-12,14-15,19H,3-10,13H2,1-2H3,(H,29,34)(H,31,35)(H,28,30,33)/t14?,15?,19-/m0/s1. The second kappa shape index (κ2) is 10.2. The molecule has 0 aromatic carbocycles. The Balaban J connectivity index is 1.50. The summed E-state index contributed by atoms with van der Waals surface area (Å²) in [6.07, 6.45) is 1.15. The van der Waals surface area contributed by atoms with Crippen LogP contribution >= 0.6 is 0 Å². The van der Waals surface area contributed by atoms with E-state index in [1.165, 1.54) is 0 Å². The Morgan fingerprint density at radius 2 is 1.92 bits per heavy atom. The van der Waals surface area contributed by atoms with Gasteiger partial charge in [-0.2, -0.15) is 13.2 Å². The minimum atomic E-state index is -4.55. The van der Waals surface area contributed by atoms with Gasteiger partial charge in [0.25, 0.3) is 0 Å². The first kappa shape index (κ1) is 26.2. The zero-order valence-electron chi connectivity index (χ0n) is 20.4. The van der Waals surface area contributed by atoms with Gasteiger partial charge in [-0.3, -0.25) is 9.59 Å². The molecule has 198 valence electrons. The van der Waals surface area contributed by atoms with Crippen LogP contribution in [0, 0.1) is 11.8 Å². The summed E-state index contributed by atoms with van der Waals surface area (Å²) in [5, 5.41) is 8.08. The molecule has 3 aliphatic rings. The molecule has 9 nitrogen and oxygen atoms in total. The van der Waals surface area contributed by atoms with E-state index in [1.807, 2.05) is 0 Å². The number of alkyl halides is 3. The maximum Gasteiger partial charge on any atom is 0.406 e. The number of rotatable bonds is 5. The molecule has 1 aromatic rings. The minimum absolute atomic E-state index is 0.125. The van der Waals surface area contributed by atoms with Crippen molar-refractivity contribution in [3.63, 3.8) is 0 Å². The first-order chi connectivity index (χ1) is 17.0. The number of nitrogens with one attached hydrogen (secondary N) is 3. The molecule has 1 saturated heterocycles. The number of halogens is 3. The lowest BCUT2D eigenvalue weighted by Crippen LogP contribution is -2.53. The number of hydrogen-bond donors (Lipinski definition) is 3. The summed E-state index contributed by atoms with van der Waals surface area (Å²) in [6.45, 7) is 1.62. The zero-order chi connectivity index (χ0) is 26.1. The summed E-state index contributed by atoms with van der Waals surface area (Å²) < 4.78 is 43.7. The van der Waals surface area contributed by atoms with E-state index in [1.54, 1.807) is 12.3 Å². The minimum Gasteiger partial charge on any atom is -0.381 e. The van der Waals surface area contributed by atoms with Gasteiger partial charge in [-0.05, 0) is 37.5 Å². The van der Waals surface area contributed by atoms with Crippen LogP contribution in [0.2, 0.25) is 0 Å². The van der Waals surface area contributed by atoms with Crippen LogP contribution in [0.4, 0.5) is 29.5 Å². The fraction of sp³-hybridized carbons (Fsp3) is 0.667. The van der Waals surface area contributed by atoms with Gasteiger partial charge in [0.05, 0.1) is 11.1 Å². The highest BCUT2D eigenvalue weighted by molar-refractivity contribution is 6.07. The van der Waals surface area contributed by atoms with Crippen LogP contribution in [0.25, 0.3) is 0 Å². The Labute approximate surface area is 207 Å². The van der Waals surface area contributed by atoms with Crippen molar-refractivity contribution in [3.05, 3.63) is 17.8 Å². The normalized spacial score (nSPS) is 24.0. The molecule has 2 fully saturated rings. The smallest absolute Gasteiger partial charge is 0.381 e. The van der Waals surface area contributed by atoms with Gasteiger partial charge in [0, 0.05) is 38.1 Å². The fourth-order valence-corrected chi connectivity index (χ4v) is 5.39. The topological polar surface area (TPSA) is 113 Å². The third kappa shape index (κ3) is 5.58. The first-order valence-corrected chi connectivity index (χ1v) is 12.3. The second-order valence-corrected chi connectivity index (χ2v) is 10.2. The number of carbonyl (C=O) groups excluding carboxylic acids is 3. The Morgan fingerprint density at radius 1 is 1.25 bits per heavy atom. The van der Waals surface area contributed by atoms with Gasteiger partial charge < -0.3 is 25.6 Å². The monoisotopic (exact) mass is 511 g/mol. The van der Waals surface area contributed by atoms with Crippen molar-refractivity contribution in [2.75, 3.05) is 37.4 Å². The summed E-state index contributed by atoms with van der Waals surface area (Å²) in [5.41, 5.74) is 0.625. The number of nitrogens with zero attached hydrogens (tertiary/aromatic N) is 2. The molecule has 3 N–H and O–H groups in total. The van der Waals surface area contributed by atoms with Crippen LogP contribution < -0.4 is 16.0 Å². The second-order valence-electron chi connectivity index (χ2n) is 10.2. The van der Waals surface area contributed by atoms with E-state index in [2.05, 4.69) is 27.9 Å². The molecule has 1 aliphatic carbocycles. The number of aromatic nitrogens is 1. The number of urea groups is 1. The number of fused-ring (bicyclic) bond motifs is 2. The van der Waals surface area contributed by atoms with Gasteiger partial charge in [-0.15, -0.1) is 0 Å². The van der Waals surface area contributed by atoms with Crippen LogP contribution in [0.15, 0.2) is 12.3 Å². The number of ether oxygens (including phenoxy) is 1. The average molecular weight is 512 g/mol. The molecular formula is C24H32F3N5O4. The van der Waals surface area contributed by atoms with Crippen LogP contribution in [0.3, 0.4) is 0 Å². The van der Waals surface area contributed by atoms with E-state index in [0.717, 1.165) is 25.5 Å². The predicted octanol–water partition coefficient (Wildman–Crippen LogP) is 3.42. The molecule has 36 heavy (non-hydrogen) atoms. The molecular weight excluding hydrogens is 479 g/mol. The number of anilines is 2. The summed E-state index contributed by atoms with van der Waals surface area (Å²) in [5.74, 6) is -0.228. The van der Waals surface area contributed by atoms with Crippen LogP contribution in [-0.4, -0.2) is 66.8 Å². The molecule has 0 unspecified atom stereocenters. The van der Waals surface area contributed by atoms with E-state index < -0.39 is 36.1 Å². The van der Waals surface area contributed by atoms with Gasteiger partial charge in [0.2, 0.25) is 11.8 Å². The average Bonchev–Trinajstić information content (AvgIpc) is 3.07. The highest BCUT2D eigenvalue weighted by atomic mass is 19.4. The van der Waals surface area contributed by atoms with E-state index in [-0.39, 0.29) is 17.6 Å². The van der Waals surface area contributed by atoms with E-state index >= 15 is 0 Å². The van der Waals surface area contributed by atoms with Gasteiger partial charge in [-0.25, -0.2) is 9.78 Å². The highest BCUT2D eigenvalue weighted by Gasteiger charge is 2.48. The molecule has 4 amide bonds. The Morgan fingerprint density at radius 3 is 2.56 bits per heavy atom. The SMILES string of the molecule is CC1CCC([C@H](NC(=O)N(C)CC(F)(F)F)C(=O)Nc2cc3c(cn2)C2(CCOCC2)C(=O)N3)CC1. The van der Waals surface area contributed by atoms with Gasteiger partial charge in [-0.1, -0.05) is 19.8 Å². The van der Waals surface area contributed by atoms with Gasteiger partial charge >= 0.3 is 12.2 Å². The molecule has 1 aromatic heterocycles. The number of carbonyl (C=O) groups is 3. The molecule has 0 bridgehead atoms. The summed E-state index contributed by atoms with van der Waals surface area (Å²) in [6, 6.07) is -0.415. The van der Waals surface area contributed by atoms with Gasteiger partial charge in [0.15, 0.2) is 0 Å². The van der Waals surface area contributed by atoms with Crippen LogP contribution in [-0.2, 0) is 19.7 Å². The number of hydrogen-bond acceptors (Lipinski definition) is 5. The lowest BCUT2D eigenvalue weighted by atomic mass is 9.76. The summed E-state index contributed by atoms with van der Waals surface area (Å²) in [7, 11) is 1.04. The maximum atomic E-state index is 13.3.